The van der Waals surface area contributed by atoms with Gasteiger partial charge in [-0.05, 0) is 43.3 Å². The van der Waals surface area contributed by atoms with Gasteiger partial charge in [0.15, 0.2) is 5.76 Å². The van der Waals surface area contributed by atoms with E-state index in [0.717, 1.165) is 0 Å². The van der Waals surface area contributed by atoms with Gasteiger partial charge in [0.25, 0.3) is 5.91 Å². The lowest BCUT2D eigenvalue weighted by Gasteiger charge is -2.13. The zero-order valence-electron chi connectivity index (χ0n) is 10.7. The summed E-state index contributed by atoms with van der Waals surface area (Å²) in [7, 11) is 0. The van der Waals surface area contributed by atoms with Crippen LogP contribution >= 0.6 is 11.6 Å². The summed E-state index contributed by atoms with van der Waals surface area (Å²) in [5.41, 5.74) is 0.610. The molecule has 0 saturated heterocycles. The summed E-state index contributed by atoms with van der Waals surface area (Å²) in [6.07, 6.45) is 1.40. The predicted molar refractivity (Wildman–Crippen MR) is 75.7 cm³/mol. The van der Waals surface area contributed by atoms with E-state index in [4.69, 9.17) is 16.0 Å². The minimum absolute atomic E-state index is 0.163. The molecule has 5 nitrogen and oxygen atoms in total. The van der Waals surface area contributed by atoms with Gasteiger partial charge < -0.3 is 15.1 Å². The molecule has 0 radical (unpaired) electrons. The lowest BCUT2D eigenvalue weighted by atomic mass is 10.2. The van der Waals surface area contributed by atoms with Gasteiger partial charge in [-0.1, -0.05) is 11.6 Å². The van der Waals surface area contributed by atoms with Gasteiger partial charge in [0, 0.05) is 10.7 Å². The number of benzene rings is 1. The number of furan rings is 1. The van der Waals surface area contributed by atoms with Crippen LogP contribution in [0.15, 0.2) is 47.1 Å². The van der Waals surface area contributed by atoms with Crippen molar-refractivity contribution in [3.05, 3.63) is 53.4 Å². The van der Waals surface area contributed by atoms with Gasteiger partial charge in [0.2, 0.25) is 5.91 Å². The van der Waals surface area contributed by atoms with Crippen molar-refractivity contribution in [1.82, 2.24) is 5.32 Å². The number of anilines is 1. The first kappa shape index (κ1) is 14.1. The van der Waals surface area contributed by atoms with Crippen LogP contribution in [-0.2, 0) is 4.79 Å². The average molecular weight is 293 g/mol. The lowest BCUT2D eigenvalue weighted by Crippen LogP contribution is -2.41. The van der Waals surface area contributed by atoms with Crippen molar-refractivity contribution in [2.75, 3.05) is 5.32 Å². The fourth-order valence-electron chi connectivity index (χ4n) is 1.52. The van der Waals surface area contributed by atoms with Crippen molar-refractivity contribution >= 4 is 29.1 Å². The van der Waals surface area contributed by atoms with Crippen LogP contribution in [0.25, 0.3) is 0 Å². The quantitative estimate of drug-likeness (QED) is 0.910. The molecule has 0 saturated carbocycles. The van der Waals surface area contributed by atoms with Crippen molar-refractivity contribution in [2.45, 2.75) is 13.0 Å². The summed E-state index contributed by atoms with van der Waals surface area (Å²) < 4.78 is 4.95. The van der Waals surface area contributed by atoms with E-state index in [-0.39, 0.29) is 11.7 Å². The van der Waals surface area contributed by atoms with Crippen molar-refractivity contribution in [3.8, 4) is 0 Å². The van der Waals surface area contributed by atoms with Gasteiger partial charge in [-0.25, -0.2) is 0 Å². The molecule has 1 heterocycles. The second-order valence-corrected chi connectivity index (χ2v) is 4.61. The van der Waals surface area contributed by atoms with Crippen LogP contribution in [0.1, 0.15) is 17.5 Å². The van der Waals surface area contributed by atoms with Crippen LogP contribution in [0.3, 0.4) is 0 Å². The molecule has 2 N–H and O–H groups in total. The van der Waals surface area contributed by atoms with Gasteiger partial charge in [0.05, 0.1) is 6.26 Å². The Morgan fingerprint density at radius 2 is 1.90 bits per heavy atom. The third-order valence-electron chi connectivity index (χ3n) is 2.60. The number of rotatable bonds is 4. The Kier molecular flexibility index (Phi) is 4.42. The summed E-state index contributed by atoms with van der Waals surface area (Å²) in [5, 5.41) is 5.80. The maximum Gasteiger partial charge on any atom is 0.287 e. The molecule has 2 rings (SSSR count). The molecule has 0 bridgehead atoms. The number of carbonyl (C=O) groups excluding carboxylic acids is 2. The zero-order valence-corrected chi connectivity index (χ0v) is 11.5. The van der Waals surface area contributed by atoms with Gasteiger partial charge in [-0.3, -0.25) is 9.59 Å². The summed E-state index contributed by atoms with van der Waals surface area (Å²) in [6.45, 7) is 1.59. The molecule has 1 atom stereocenters. The molecule has 6 heteroatoms. The van der Waals surface area contributed by atoms with Crippen LogP contribution in [0.4, 0.5) is 5.69 Å². The van der Waals surface area contributed by atoms with Crippen molar-refractivity contribution in [3.63, 3.8) is 0 Å². The van der Waals surface area contributed by atoms with E-state index < -0.39 is 11.9 Å². The van der Waals surface area contributed by atoms with E-state index in [1.54, 1.807) is 37.3 Å². The fourth-order valence-corrected chi connectivity index (χ4v) is 1.65. The third kappa shape index (κ3) is 3.61. The zero-order chi connectivity index (χ0) is 14.5. The summed E-state index contributed by atoms with van der Waals surface area (Å²) in [6, 6.07) is 9.14. The number of amides is 2. The van der Waals surface area contributed by atoms with E-state index in [9.17, 15) is 9.59 Å². The highest BCUT2D eigenvalue weighted by Gasteiger charge is 2.18. The van der Waals surface area contributed by atoms with Crippen molar-refractivity contribution < 1.29 is 14.0 Å². The van der Waals surface area contributed by atoms with Gasteiger partial charge >= 0.3 is 0 Å². The number of hydrogen-bond acceptors (Lipinski definition) is 3. The molecule has 2 aromatic rings. The standard InChI is InChI=1S/C14H13ClN2O3/c1-9(16-14(19)12-3-2-8-20-12)13(18)17-11-6-4-10(15)5-7-11/h2-9H,1H3,(H,16,19)(H,17,18). The molecular formula is C14H13ClN2O3. The summed E-state index contributed by atoms with van der Waals surface area (Å²) in [4.78, 5) is 23.6. The largest absolute Gasteiger partial charge is 0.459 e. The summed E-state index contributed by atoms with van der Waals surface area (Å²) >= 11 is 5.76. The lowest BCUT2D eigenvalue weighted by molar-refractivity contribution is -0.117. The number of nitrogens with one attached hydrogen (secondary N) is 2. The Morgan fingerprint density at radius 1 is 1.20 bits per heavy atom. The van der Waals surface area contributed by atoms with Crippen LogP contribution in [0, 0.1) is 0 Å². The van der Waals surface area contributed by atoms with Gasteiger partial charge in [0.1, 0.15) is 6.04 Å². The smallest absolute Gasteiger partial charge is 0.287 e. The monoisotopic (exact) mass is 292 g/mol. The number of halogens is 1. The van der Waals surface area contributed by atoms with E-state index in [1.165, 1.54) is 12.3 Å². The molecule has 104 valence electrons. The molecule has 0 aliphatic carbocycles. The second-order valence-electron chi connectivity index (χ2n) is 4.17. The molecule has 0 aliphatic heterocycles. The van der Waals surface area contributed by atoms with Crippen LogP contribution in [0.5, 0.6) is 0 Å². The SMILES string of the molecule is CC(NC(=O)c1ccco1)C(=O)Nc1ccc(Cl)cc1. The third-order valence-corrected chi connectivity index (χ3v) is 2.85. The maximum atomic E-state index is 11.9. The highest BCUT2D eigenvalue weighted by atomic mass is 35.5. The Morgan fingerprint density at radius 3 is 2.50 bits per heavy atom. The Labute approximate surface area is 120 Å². The van der Waals surface area contributed by atoms with E-state index in [1.807, 2.05) is 0 Å². The van der Waals surface area contributed by atoms with Gasteiger partial charge in [-0.2, -0.15) is 0 Å². The molecule has 20 heavy (non-hydrogen) atoms. The fraction of sp³-hybridized carbons (Fsp3) is 0.143. The molecule has 1 aromatic carbocycles. The van der Waals surface area contributed by atoms with Crippen molar-refractivity contribution in [1.29, 1.82) is 0 Å². The second kappa shape index (κ2) is 6.25. The van der Waals surface area contributed by atoms with Gasteiger partial charge in [-0.15, -0.1) is 0 Å². The topological polar surface area (TPSA) is 71.3 Å². The highest BCUT2D eigenvalue weighted by molar-refractivity contribution is 6.30. The molecule has 0 aliphatic rings. The Balaban J connectivity index is 1.92. The summed E-state index contributed by atoms with van der Waals surface area (Å²) in [5.74, 6) is -0.600. The minimum atomic E-state index is -0.691. The number of hydrogen-bond donors (Lipinski definition) is 2. The average Bonchev–Trinajstić information content (AvgIpc) is 2.95. The minimum Gasteiger partial charge on any atom is -0.459 e. The predicted octanol–water partition coefficient (Wildman–Crippen LogP) is 2.69. The molecule has 0 fully saturated rings. The first-order valence-corrected chi connectivity index (χ1v) is 6.35. The van der Waals surface area contributed by atoms with E-state index >= 15 is 0 Å². The van der Waals surface area contributed by atoms with Crippen LogP contribution < -0.4 is 10.6 Å². The molecular weight excluding hydrogens is 280 g/mol. The van der Waals surface area contributed by atoms with Crippen LogP contribution in [0.2, 0.25) is 5.02 Å². The Bertz CT molecular complexity index is 593. The van der Waals surface area contributed by atoms with E-state index in [2.05, 4.69) is 10.6 Å². The normalized spacial score (nSPS) is 11.7. The number of carbonyl (C=O) groups is 2. The molecule has 1 aromatic heterocycles. The first-order chi connectivity index (χ1) is 9.56. The van der Waals surface area contributed by atoms with E-state index in [0.29, 0.717) is 10.7 Å². The molecule has 2 amide bonds. The van der Waals surface area contributed by atoms with Crippen LogP contribution in [-0.4, -0.2) is 17.9 Å². The highest BCUT2D eigenvalue weighted by Crippen LogP contribution is 2.13. The molecule has 0 spiro atoms. The molecule has 1 unspecified atom stereocenters. The van der Waals surface area contributed by atoms with Crippen molar-refractivity contribution in [2.24, 2.45) is 0 Å². The first-order valence-electron chi connectivity index (χ1n) is 5.97. The Hall–Kier alpha value is -2.27. The maximum absolute atomic E-state index is 11.9.